The third-order valence-corrected chi connectivity index (χ3v) is 8.80. The molecule has 0 spiro atoms. The first-order valence-corrected chi connectivity index (χ1v) is 14.0. The van der Waals surface area contributed by atoms with Crippen LogP contribution in [-0.4, -0.2) is 61.2 Å². The Labute approximate surface area is 219 Å². The number of likely N-dealkylation sites (tertiary alicyclic amines) is 1. The van der Waals surface area contributed by atoms with Crippen LogP contribution in [0, 0.1) is 18.3 Å². The lowest BCUT2D eigenvalue weighted by atomic mass is 9.88. The van der Waals surface area contributed by atoms with Crippen LogP contribution in [0.3, 0.4) is 0 Å². The van der Waals surface area contributed by atoms with Crippen LogP contribution in [0.2, 0.25) is 0 Å². The number of aryl methyl sites for hydroxylation is 1. The summed E-state index contributed by atoms with van der Waals surface area (Å²) in [7, 11) is -0.684. The second kappa shape index (κ2) is 10.5. The van der Waals surface area contributed by atoms with Crippen molar-refractivity contribution in [2.24, 2.45) is 0 Å². The Morgan fingerprint density at radius 2 is 1.73 bits per heavy atom. The number of rotatable bonds is 7. The number of allylic oxidation sites excluding steroid dienone is 1. The lowest BCUT2D eigenvalue weighted by Gasteiger charge is -2.34. The molecule has 0 bridgehead atoms. The lowest BCUT2D eigenvalue weighted by Crippen LogP contribution is -2.37. The average Bonchev–Trinajstić information content (AvgIpc) is 3.26. The fraction of sp³-hybridized carbons (Fsp3) is 0.379. The topological polar surface area (TPSA) is 86.4 Å². The van der Waals surface area contributed by atoms with Gasteiger partial charge in [0.1, 0.15) is 17.3 Å². The van der Waals surface area contributed by atoms with Gasteiger partial charge in [-0.15, -0.1) is 0 Å². The van der Waals surface area contributed by atoms with Crippen LogP contribution in [0.1, 0.15) is 54.2 Å². The van der Waals surface area contributed by atoms with Crippen LogP contribution in [-0.2, 0) is 10.0 Å². The normalized spacial score (nSPS) is 15.8. The Morgan fingerprint density at radius 3 is 2.30 bits per heavy atom. The number of hydrogen-bond acceptors (Lipinski definition) is 6. The van der Waals surface area contributed by atoms with Crippen molar-refractivity contribution < 1.29 is 13.2 Å². The summed E-state index contributed by atoms with van der Waals surface area (Å²) in [6.45, 7) is 8.35. The van der Waals surface area contributed by atoms with Crippen molar-refractivity contribution in [3.8, 4) is 6.07 Å². The summed E-state index contributed by atoms with van der Waals surface area (Å²) < 4.78 is 28.8. The van der Waals surface area contributed by atoms with Gasteiger partial charge in [0.05, 0.1) is 10.4 Å². The molecule has 0 saturated carbocycles. The Morgan fingerprint density at radius 1 is 1.08 bits per heavy atom. The monoisotopic (exact) mass is 518 g/mol. The Hall–Kier alpha value is -3.41. The Bertz CT molecular complexity index is 1480. The molecule has 0 N–H and O–H groups in total. The van der Waals surface area contributed by atoms with E-state index in [0.717, 1.165) is 41.0 Å². The Kier molecular flexibility index (Phi) is 7.58. The van der Waals surface area contributed by atoms with Crippen molar-refractivity contribution in [2.45, 2.75) is 50.5 Å². The van der Waals surface area contributed by atoms with E-state index in [2.05, 4.69) is 18.7 Å². The first-order chi connectivity index (χ1) is 17.5. The van der Waals surface area contributed by atoms with Gasteiger partial charge in [0.15, 0.2) is 0 Å². The van der Waals surface area contributed by atoms with Crippen LogP contribution in [0.15, 0.2) is 65.2 Å². The summed E-state index contributed by atoms with van der Waals surface area (Å²) in [6, 6.07) is 16.4. The maximum absolute atomic E-state index is 13.9. The van der Waals surface area contributed by atoms with E-state index in [0.29, 0.717) is 22.9 Å². The molecule has 3 aromatic rings. The number of hydrogen-bond donors (Lipinski definition) is 0. The molecule has 0 atom stereocenters. The van der Waals surface area contributed by atoms with Crippen LogP contribution >= 0.6 is 0 Å². The highest BCUT2D eigenvalue weighted by Crippen LogP contribution is 2.34. The number of nitrogens with zero attached hydrogens (tertiary/aromatic N) is 4. The van der Waals surface area contributed by atoms with Gasteiger partial charge < -0.3 is 9.80 Å². The number of benzene rings is 2. The molecular weight excluding hydrogens is 484 g/mol. The SMILES string of the molecule is Cc1ccc(S(=O)(=O)n2c(C(=O)/C(C#N)=C\N(C)C)cc3cc(C4CCN(C(C)C)CC4)ccc32)cc1. The van der Waals surface area contributed by atoms with Gasteiger partial charge in [-0.05, 0) is 88.5 Å². The fourth-order valence-electron chi connectivity index (χ4n) is 4.98. The highest BCUT2D eigenvalue weighted by atomic mass is 32.2. The molecule has 1 aliphatic heterocycles. The maximum Gasteiger partial charge on any atom is 0.268 e. The van der Waals surface area contributed by atoms with Gasteiger partial charge in [-0.25, -0.2) is 12.4 Å². The van der Waals surface area contributed by atoms with E-state index in [-0.39, 0.29) is 16.2 Å². The molecule has 194 valence electrons. The number of fused-ring (bicyclic) bond motifs is 1. The average molecular weight is 519 g/mol. The summed E-state index contributed by atoms with van der Waals surface area (Å²) in [5.74, 6) is -0.256. The zero-order valence-corrected chi connectivity index (χ0v) is 22.9. The molecule has 2 aromatic carbocycles. The van der Waals surface area contributed by atoms with Crippen molar-refractivity contribution in [3.05, 3.63) is 77.1 Å². The number of carbonyl (C=O) groups excluding carboxylic acids is 1. The van der Waals surface area contributed by atoms with E-state index in [1.165, 1.54) is 6.20 Å². The van der Waals surface area contributed by atoms with Crippen molar-refractivity contribution >= 4 is 26.7 Å². The van der Waals surface area contributed by atoms with Gasteiger partial charge in [0, 0.05) is 31.7 Å². The molecule has 8 heteroatoms. The van der Waals surface area contributed by atoms with Crippen molar-refractivity contribution in [2.75, 3.05) is 27.2 Å². The largest absolute Gasteiger partial charge is 0.382 e. The van der Waals surface area contributed by atoms with E-state index >= 15 is 0 Å². The minimum absolute atomic E-state index is 0.0444. The van der Waals surface area contributed by atoms with Gasteiger partial charge in [0.25, 0.3) is 10.0 Å². The fourth-order valence-corrected chi connectivity index (χ4v) is 6.49. The van der Waals surface area contributed by atoms with Crippen LogP contribution in [0.25, 0.3) is 10.9 Å². The van der Waals surface area contributed by atoms with E-state index < -0.39 is 15.8 Å². The first kappa shape index (κ1) is 26.6. The van der Waals surface area contributed by atoms with Gasteiger partial charge in [0.2, 0.25) is 5.78 Å². The molecule has 1 aromatic heterocycles. The van der Waals surface area contributed by atoms with Crippen LogP contribution < -0.4 is 0 Å². The first-order valence-electron chi connectivity index (χ1n) is 12.6. The minimum Gasteiger partial charge on any atom is -0.382 e. The van der Waals surface area contributed by atoms with Crippen molar-refractivity contribution in [1.29, 1.82) is 5.26 Å². The quantitative estimate of drug-likeness (QED) is 0.251. The standard InChI is InChI=1S/C29H34N4O3S/c1-20(2)32-14-12-22(13-15-32)23-8-11-27-24(16-23)17-28(29(34)25(18-30)19-31(4)5)33(27)37(35,36)26-9-6-21(3)7-10-26/h6-11,16-17,19-20,22H,12-15H2,1-5H3/b25-19-. The van der Waals surface area contributed by atoms with Gasteiger partial charge in [-0.1, -0.05) is 23.8 Å². The van der Waals surface area contributed by atoms with Crippen LogP contribution in [0.4, 0.5) is 0 Å². The molecule has 0 amide bonds. The zero-order chi connectivity index (χ0) is 26.9. The highest BCUT2D eigenvalue weighted by molar-refractivity contribution is 7.90. The van der Waals surface area contributed by atoms with E-state index in [1.807, 2.05) is 25.1 Å². The molecule has 0 aliphatic carbocycles. The van der Waals surface area contributed by atoms with Gasteiger partial charge in [-0.3, -0.25) is 4.79 Å². The number of Topliss-reactive ketones (excluding diaryl/α,β-unsaturated/α-hetero) is 1. The second-order valence-electron chi connectivity index (χ2n) is 10.3. The van der Waals surface area contributed by atoms with Crippen molar-refractivity contribution in [1.82, 2.24) is 13.8 Å². The molecule has 0 unspecified atom stereocenters. The smallest absolute Gasteiger partial charge is 0.268 e. The summed E-state index contributed by atoms with van der Waals surface area (Å²) in [4.78, 5) is 17.7. The third-order valence-electron chi connectivity index (χ3n) is 7.06. The molecule has 1 fully saturated rings. The molecule has 4 rings (SSSR count). The molecule has 2 heterocycles. The number of ketones is 1. The third kappa shape index (κ3) is 5.34. The molecule has 37 heavy (non-hydrogen) atoms. The molecule has 1 aliphatic rings. The molecule has 0 radical (unpaired) electrons. The molecular formula is C29H34N4O3S. The summed E-state index contributed by atoms with van der Waals surface area (Å²) in [5.41, 5.74) is 2.33. The summed E-state index contributed by atoms with van der Waals surface area (Å²) >= 11 is 0. The predicted octanol–water partition coefficient (Wildman–Crippen LogP) is 4.93. The van der Waals surface area contributed by atoms with E-state index in [4.69, 9.17) is 0 Å². The molecule has 1 saturated heterocycles. The van der Waals surface area contributed by atoms with E-state index in [9.17, 15) is 18.5 Å². The number of nitriles is 1. The minimum atomic E-state index is -4.10. The second-order valence-corrected chi connectivity index (χ2v) is 12.1. The lowest BCUT2D eigenvalue weighted by molar-refractivity contribution is 0.103. The maximum atomic E-state index is 13.9. The predicted molar refractivity (Wildman–Crippen MR) is 146 cm³/mol. The van der Waals surface area contributed by atoms with Crippen molar-refractivity contribution in [3.63, 3.8) is 0 Å². The van der Waals surface area contributed by atoms with Gasteiger partial charge >= 0.3 is 0 Å². The van der Waals surface area contributed by atoms with Gasteiger partial charge in [-0.2, -0.15) is 5.26 Å². The van der Waals surface area contributed by atoms with E-state index in [1.54, 1.807) is 55.4 Å². The highest BCUT2D eigenvalue weighted by Gasteiger charge is 2.29. The number of carbonyl (C=O) groups is 1. The number of aromatic nitrogens is 1. The summed E-state index contributed by atoms with van der Waals surface area (Å²) in [5, 5.41) is 10.3. The zero-order valence-electron chi connectivity index (χ0n) is 22.1. The number of piperidine rings is 1. The van der Waals surface area contributed by atoms with Crippen LogP contribution in [0.5, 0.6) is 0 Å². The molecule has 7 nitrogen and oxygen atoms in total. The summed E-state index contributed by atoms with van der Waals surface area (Å²) in [6.07, 6.45) is 3.47. The Balaban J connectivity index is 1.85.